The molecule has 4 amide bonds. The van der Waals surface area contributed by atoms with Crippen LogP contribution in [-0.4, -0.2) is 168 Å². The Kier molecular flexibility index (Phi) is 52.3. The Morgan fingerprint density at radius 2 is 0.772 bits per heavy atom. The topological polar surface area (TPSA) is 434 Å². The third-order valence-corrected chi connectivity index (χ3v) is 18.8. The Balaban J connectivity index is 0.000000305. The Morgan fingerprint density at radius 3 is 1.12 bits per heavy atom. The van der Waals surface area contributed by atoms with Gasteiger partial charge in [-0.1, -0.05) is 93.6 Å². The molecule has 0 saturated heterocycles. The standard InChI is InChI=1S/C24H25F2NO5.C22H18F2N2O5.C14H14BrF2NO3.C14H16F2N2O3.C9H10O3.C8H5NO2.C6H5N3O.CH4O.CHS.ClH.K.W/c1-4-29-20-8-6-5-7-18(20)19(28)11-10-17-14-30-23(27-17)16-9-12-21(32-24(25)26)22(13-16)31-15(2)3;1-12(2)30-18-9-13(7-8-17(18)31-22(23)24)19-25-14(11-29-19)10-26-20(27)15-5-3-4-6-16(15)21(26)28;1-8(2)20-12-5-9(3-4-11(12)21-14(16)17)13-18-10(6-15)7-19-13;1-8(2)20-12-5-9(3-4-11(12)21-14(15)16)13-18-10(6-17)7-19-13;1-2-12-8-6-4-3-5-7(8)9(10)11;10-7-5-3-1-2-4-6(5)8(11)9-7;10-9-6-4-2-1-3-5(6)7-8-9;2*1-2;;;/h5-9,12-15,24H,4,10-11H2,1-3H3;3-9,11-12,22H,10H2,1-2H3;3-5,7-8,14H,6H2,1-2H3;3-5,7-8,14H,6,17H2,1-2H3;3-6H,2H2,1H3,(H,10,11);1-4H,(H,9,10,11);1-4,10H;2H,1H3;1H;1H;;/q;;;;;;;;-1;;+1;/p-1. The van der Waals surface area contributed by atoms with Crippen molar-refractivity contribution < 1.29 is 217 Å². The number of aromatic carboxylic acids is 1. The van der Waals surface area contributed by atoms with Gasteiger partial charge in [-0.2, -0.15) is 35.1 Å². The van der Waals surface area contributed by atoms with Gasteiger partial charge >= 0.3 is 83.8 Å². The van der Waals surface area contributed by atoms with Crippen LogP contribution in [-0.2, 0) is 45.9 Å². The molecule has 0 bridgehead atoms. The summed E-state index contributed by atoms with van der Waals surface area (Å²) in [6.07, 6.45) is 5.52. The minimum atomic E-state index is -2.99. The summed E-state index contributed by atoms with van der Waals surface area (Å²) in [6, 6.07) is 52.0. The number of oxazole rings is 4. The number of para-hydroxylation sites is 3. The van der Waals surface area contributed by atoms with Crippen LogP contribution in [0.2, 0.25) is 0 Å². The molecule has 766 valence electrons. The molecule has 0 unspecified atom stereocenters. The van der Waals surface area contributed by atoms with E-state index in [1.54, 1.807) is 183 Å². The van der Waals surface area contributed by atoms with Crippen LogP contribution in [0.1, 0.15) is 161 Å². The van der Waals surface area contributed by atoms with Crippen molar-refractivity contribution in [2.45, 2.75) is 151 Å². The number of nitrogens with zero attached hydrogens (tertiary/aromatic N) is 9. The minimum absolute atomic E-state index is 0. The molecule has 0 atom stereocenters. The van der Waals surface area contributed by atoms with E-state index in [2.05, 4.69) is 88.5 Å². The Morgan fingerprint density at radius 1 is 0.448 bits per heavy atom. The summed E-state index contributed by atoms with van der Waals surface area (Å²) in [6.45, 7) is 7.28. The summed E-state index contributed by atoms with van der Waals surface area (Å²) < 4.78 is 173. The predicted molar refractivity (Wildman–Crippen MR) is 516 cm³/mol. The van der Waals surface area contributed by atoms with Gasteiger partial charge in [-0.3, -0.25) is 19.3 Å². The maximum Gasteiger partial charge on any atom is 1.00 e. The molecule has 5 N–H and O–H groups in total. The Hall–Kier alpha value is -13.0. The second-order valence-corrected chi connectivity index (χ2v) is 30.4. The number of nitrogens with two attached hydrogens (primary N) is 1. The summed E-state index contributed by atoms with van der Waals surface area (Å²) in [7, 11) is 1.00. The molecule has 5 aromatic heterocycles. The van der Waals surface area contributed by atoms with Crippen molar-refractivity contribution in [3.63, 3.8) is 0 Å². The molecule has 145 heavy (non-hydrogen) atoms. The fraction of sp³-hybridized carbons (Fsp3) is 0.263. The number of aliphatic hydroxyl groups is 1. The molecule has 0 aliphatic carbocycles. The first-order valence-electron chi connectivity index (χ1n) is 42.9. The molecule has 2 aliphatic heterocycles. The van der Waals surface area contributed by atoms with Gasteiger partial charge in [0.05, 0.1) is 95.5 Å². The minimum Gasteiger partial charge on any atom is -0.587 e. The number of ketones is 1. The molecule has 0 spiro atoms. The number of ether oxygens (including phenoxy) is 10. The molecule has 9 aromatic carbocycles. The fourth-order valence-electron chi connectivity index (χ4n) is 12.6. The van der Waals surface area contributed by atoms with Crippen molar-refractivity contribution in [3.05, 3.63) is 281 Å². The van der Waals surface area contributed by atoms with Crippen LogP contribution in [0.5, 0.6) is 57.5 Å². The van der Waals surface area contributed by atoms with Gasteiger partial charge in [0.2, 0.25) is 23.6 Å². The van der Waals surface area contributed by atoms with Gasteiger partial charge in [-0.15, -0.1) is 17.5 Å². The fourth-order valence-corrected chi connectivity index (χ4v) is 12.8. The number of fused-ring (bicyclic) bond motifs is 3. The number of hydrogen-bond acceptors (Lipinski definition) is 30. The number of carboxylic acid groups (broad SMARTS) is 1. The quantitative estimate of drug-likeness (QED) is 0.00434. The molecule has 7 heterocycles. The van der Waals surface area contributed by atoms with Crippen LogP contribution in [0, 0.1) is 0 Å². The first-order valence-corrected chi connectivity index (χ1v) is 44.5. The summed E-state index contributed by atoms with van der Waals surface area (Å²) in [5.41, 5.74) is 13.6. The largest absolute Gasteiger partial charge is 1.00 e. The van der Waals surface area contributed by atoms with Crippen LogP contribution in [0.25, 0.3) is 62.2 Å². The summed E-state index contributed by atoms with van der Waals surface area (Å²) in [5.74, 6) is 4.10. The molecule has 0 radical (unpaired) electrons. The summed E-state index contributed by atoms with van der Waals surface area (Å²) in [5, 5.41) is 35.6. The third kappa shape index (κ3) is 37.2. The van der Waals surface area contributed by atoms with E-state index >= 15 is 0 Å². The van der Waals surface area contributed by atoms with Gasteiger partial charge in [0.15, 0.2) is 51.8 Å². The van der Waals surface area contributed by atoms with E-state index in [9.17, 15) is 63.9 Å². The zero-order valence-electron chi connectivity index (χ0n) is 79.7. The van der Waals surface area contributed by atoms with Crippen molar-refractivity contribution in [1.82, 2.24) is 40.0 Å². The zero-order chi connectivity index (χ0) is 104. The van der Waals surface area contributed by atoms with E-state index in [1.165, 1.54) is 73.6 Å². The van der Waals surface area contributed by atoms with Crippen molar-refractivity contribution >= 4 is 92.8 Å². The molecule has 16 rings (SSSR count). The second-order valence-electron chi connectivity index (χ2n) is 29.8. The molecular weight excluding hydrogens is 2220 g/mol. The molecule has 46 heteroatoms. The number of alkyl halides is 9. The monoisotopic (exact) mass is 2320 g/mol. The Bertz CT molecular complexity index is 6310. The van der Waals surface area contributed by atoms with E-state index in [1.807, 2.05) is 32.0 Å². The van der Waals surface area contributed by atoms with Crippen LogP contribution >= 0.6 is 40.6 Å². The van der Waals surface area contributed by atoms with Gasteiger partial charge < -0.3 is 119 Å². The molecule has 14 aromatic rings. The maximum atomic E-state index is 12.7. The van der Waals surface area contributed by atoms with Crippen molar-refractivity contribution in [1.29, 1.82) is 0 Å². The number of imide groups is 2. The molecule has 2 aliphatic rings. The summed E-state index contributed by atoms with van der Waals surface area (Å²) >= 11 is 6.86. The first-order chi connectivity index (χ1) is 68.1. The van der Waals surface area contributed by atoms with Crippen LogP contribution in [0.4, 0.5) is 35.1 Å². The second kappa shape index (κ2) is 62.0. The van der Waals surface area contributed by atoms with E-state index in [0.29, 0.717) is 132 Å². The third-order valence-electron chi connectivity index (χ3n) is 18.3. The number of amides is 4. The van der Waals surface area contributed by atoms with Gasteiger partial charge in [0.1, 0.15) is 53.1 Å². The van der Waals surface area contributed by atoms with Gasteiger partial charge in [-0.05, 0) is 196 Å². The zero-order valence-corrected chi connectivity index (χ0v) is 88.9. The van der Waals surface area contributed by atoms with Crippen molar-refractivity contribution in [3.8, 4) is 103 Å². The summed E-state index contributed by atoms with van der Waals surface area (Å²) in [4.78, 5) is 89.1. The van der Waals surface area contributed by atoms with E-state index in [0.717, 1.165) is 22.5 Å². The van der Waals surface area contributed by atoms with Gasteiger partial charge in [-0.25, -0.2) is 24.7 Å². The number of carboxylic acids is 1. The van der Waals surface area contributed by atoms with Crippen LogP contribution in [0.15, 0.2) is 237 Å². The van der Waals surface area contributed by atoms with Crippen molar-refractivity contribution in [2.24, 2.45) is 5.73 Å². The number of thiocarbonyl (C=S) groups is 1. The average Bonchev–Trinajstić information content (AvgIpc) is 1.62. The number of carbonyl (C=O) groups excluding carboxylic acids is 5. The number of halogens is 10. The number of aliphatic hydroxyl groups excluding tert-OH is 1. The van der Waals surface area contributed by atoms with Gasteiger partial charge in [0.25, 0.3) is 11.8 Å². The SMILES string of the molecule is CC(C)Oc1cc(-c2nc(CBr)co2)ccc1OC(F)F.CC(C)Oc1cc(-c2nc(CN)co2)ccc1OC(F)F.CC(C)Oc1cc(-c2nc(CN3C(=O)c4ccccc4C3=O)co2)ccc1OC(F)F.CCOc1ccccc1C(=O)CCc1coc(-c2ccc(OC(F)F)c(OC(C)C)c2)n1.CCOc1ccccc1C(=O)O.CO.Cl.O=C1[N-]C(=O)c2ccccc21.On1nnc2ccccc21.[CH-]=S.[K+].[W]. The number of aromatic nitrogens is 7. The van der Waals surface area contributed by atoms with E-state index in [4.69, 9.17) is 67.2 Å². The number of Topliss-reactive ketones (excluding diaryl/α,β-unsaturated/α-hetero) is 1. The van der Waals surface area contributed by atoms with Crippen molar-refractivity contribution in [2.75, 3.05) is 20.3 Å². The molecular formula is C99H98BrClF8KN10O23SW-. The number of rotatable bonds is 33. The van der Waals surface area contributed by atoms with Crippen LogP contribution < -0.4 is 104 Å². The average molecular weight is 2320 g/mol. The number of hydrogen-bond donors (Lipinski definition) is 4. The smallest absolute Gasteiger partial charge is 0.587 e. The molecule has 0 saturated carbocycles. The van der Waals surface area contributed by atoms with Crippen LogP contribution in [0.3, 0.4) is 0 Å². The maximum absolute atomic E-state index is 12.7. The predicted octanol–water partition coefficient (Wildman–Crippen LogP) is 19.6. The van der Waals surface area contributed by atoms with E-state index in [-0.39, 0.29) is 192 Å². The van der Waals surface area contributed by atoms with Gasteiger partial charge in [0, 0.05) is 86.3 Å². The number of benzene rings is 9. The van der Waals surface area contributed by atoms with E-state index < -0.39 is 56.0 Å². The first kappa shape index (κ1) is 122. The molecule has 0 fully saturated rings. The Labute approximate surface area is 903 Å². The number of carbonyl (C=O) groups is 6. The normalized spacial score (nSPS) is 11.2. The number of aryl methyl sites for hydroxylation is 1. The molecule has 33 nitrogen and oxygen atoms in total.